The summed E-state index contributed by atoms with van der Waals surface area (Å²) in [6.07, 6.45) is -3.13. The Labute approximate surface area is 82.6 Å². The van der Waals surface area contributed by atoms with Gasteiger partial charge in [0.05, 0.1) is 4.92 Å². The highest BCUT2D eigenvalue weighted by atomic mass is 19.4. The van der Waals surface area contributed by atoms with Crippen molar-refractivity contribution in [3.8, 4) is 0 Å². The van der Waals surface area contributed by atoms with Crippen LogP contribution < -0.4 is 0 Å². The monoisotopic (exact) mass is 223 g/mol. The van der Waals surface area contributed by atoms with Gasteiger partial charge in [0.1, 0.15) is 12.4 Å². The van der Waals surface area contributed by atoms with Gasteiger partial charge in [-0.2, -0.15) is 18.3 Å². The molecular formula is C7H8F3N3O2. The number of aryl methyl sites for hydroxylation is 1. The van der Waals surface area contributed by atoms with Gasteiger partial charge in [0.15, 0.2) is 0 Å². The van der Waals surface area contributed by atoms with Gasteiger partial charge in [0.25, 0.3) is 0 Å². The van der Waals surface area contributed by atoms with Crippen molar-refractivity contribution >= 4 is 5.69 Å². The van der Waals surface area contributed by atoms with Gasteiger partial charge in [-0.25, -0.2) is 0 Å². The molecule has 5 nitrogen and oxygen atoms in total. The van der Waals surface area contributed by atoms with Crippen LogP contribution in [0.15, 0.2) is 12.4 Å². The molecule has 1 heterocycles. The van der Waals surface area contributed by atoms with Crippen molar-refractivity contribution in [1.82, 2.24) is 9.78 Å². The van der Waals surface area contributed by atoms with Crippen molar-refractivity contribution in [2.24, 2.45) is 0 Å². The Bertz CT molecular complexity index is 347. The first-order valence-electron chi connectivity index (χ1n) is 4.12. The molecule has 0 amide bonds. The summed E-state index contributed by atoms with van der Waals surface area (Å²) in [5, 5.41) is 13.8. The SMILES string of the molecule is O=[N+]([O-])c1cnn(CCCC(F)(F)F)c1. The molecule has 0 aliphatic rings. The Balaban J connectivity index is 2.41. The van der Waals surface area contributed by atoms with Crippen molar-refractivity contribution in [2.45, 2.75) is 25.6 Å². The Morgan fingerprint density at radius 3 is 2.67 bits per heavy atom. The van der Waals surface area contributed by atoms with Gasteiger partial charge in [-0.15, -0.1) is 0 Å². The molecular weight excluding hydrogens is 215 g/mol. The van der Waals surface area contributed by atoms with E-state index in [4.69, 9.17) is 0 Å². The lowest BCUT2D eigenvalue weighted by Crippen LogP contribution is -2.09. The summed E-state index contributed by atoms with van der Waals surface area (Å²) < 4.78 is 36.4. The maximum Gasteiger partial charge on any atom is 0.389 e. The van der Waals surface area contributed by atoms with Crippen LogP contribution in [-0.2, 0) is 6.54 Å². The minimum absolute atomic E-state index is 0.0212. The van der Waals surface area contributed by atoms with Gasteiger partial charge in [0, 0.05) is 13.0 Å². The highest BCUT2D eigenvalue weighted by Crippen LogP contribution is 2.21. The number of rotatable bonds is 4. The van der Waals surface area contributed by atoms with Crippen molar-refractivity contribution < 1.29 is 18.1 Å². The number of aromatic nitrogens is 2. The van der Waals surface area contributed by atoms with Gasteiger partial charge in [-0.05, 0) is 6.42 Å². The Morgan fingerprint density at radius 2 is 2.20 bits per heavy atom. The molecule has 0 saturated heterocycles. The molecule has 0 bridgehead atoms. The summed E-state index contributed by atoms with van der Waals surface area (Å²) in [6.45, 7) is 0.0212. The first-order chi connectivity index (χ1) is 6.88. The molecule has 0 atom stereocenters. The van der Waals surface area contributed by atoms with E-state index in [0.717, 1.165) is 17.1 Å². The van der Waals surface area contributed by atoms with Crippen LogP contribution >= 0.6 is 0 Å². The van der Waals surface area contributed by atoms with E-state index < -0.39 is 17.5 Å². The summed E-state index contributed by atoms with van der Waals surface area (Å²) in [6, 6.07) is 0. The minimum atomic E-state index is -4.20. The Hall–Kier alpha value is -1.60. The first-order valence-corrected chi connectivity index (χ1v) is 4.12. The second-order valence-corrected chi connectivity index (χ2v) is 2.94. The lowest BCUT2D eigenvalue weighted by molar-refractivity contribution is -0.385. The zero-order chi connectivity index (χ0) is 11.5. The van der Waals surface area contributed by atoms with Crippen LogP contribution in [0.2, 0.25) is 0 Å². The van der Waals surface area contributed by atoms with Crippen LogP contribution in [0.4, 0.5) is 18.9 Å². The predicted molar refractivity (Wildman–Crippen MR) is 44.2 cm³/mol. The van der Waals surface area contributed by atoms with Gasteiger partial charge in [-0.1, -0.05) is 0 Å². The Morgan fingerprint density at radius 1 is 1.53 bits per heavy atom. The molecule has 15 heavy (non-hydrogen) atoms. The summed E-state index contributed by atoms with van der Waals surface area (Å²) in [7, 11) is 0. The molecule has 0 saturated carbocycles. The number of hydrogen-bond donors (Lipinski definition) is 0. The van der Waals surface area contributed by atoms with E-state index in [-0.39, 0.29) is 18.7 Å². The van der Waals surface area contributed by atoms with Crippen LogP contribution in [0.1, 0.15) is 12.8 Å². The number of halogens is 3. The molecule has 1 aromatic rings. The molecule has 1 rings (SSSR count). The van der Waals surface area contributed by atoms with Gasteiger partial charge >= 0.3 is 11.9 Å². The largest absolute Gasteiger partial charge is 0.389 e. The number of hydrogen-bond acceptors (Lipinski definition) is 3. The van der Waals surface area contributed by atoms with Crippen molar-refractivity contribution in [2.75, 3.05) is 0 Å². The van der Waals surface area contributed by atoms with Crippen LogP contribution in [0.5, 0.6) is 0 Å². The lowest BCUT2D eigenvalue weighted by atomic mass is 10.3. The van der Waals surface area contributed by atoms with E-state index in [2.05, 4.69) is 5.10 Å². The van der Waals surface area contributed by atoms with E-state index in [0.29, 0.717) is 0 Å². The fourth-order valence-corrected chi connectivity index (χ4v) is 1.01. The van der Waals surface area contributed by atoms with Gasteiger partial charge in [0.2, 0.25) is 0 Å². The molecule has 8 heteroatoms. The van der Waals surface area contributed by atoms with E-state index in [1.165, 1.54) is 0 Å². The van der Waals surface area contributed by atoms with E-state index in [9.17, 15) is 23.3 Å². The molecule has 0 aromatic carbocycles. The standard InChI is InChI=1S/C7H8F3N3O2/c8-7(9,10)2-1-3-12-5-6(4-11-12)13(14)15/h4-5H,1-3H2. The molecule has 0 N–H and O–H groups in total. The maximum atomic E-state index is 11.8. The highest BCUT2D eigenvalue weighted by molar-refractivity contribution is 5.20. The van der Waals surface area contributed by atoms with E-state index >= 15 is 0 Å². The average Bonchev–Trinajstić information content (AvgIpc) is 2.50. The molecule has 0 aliphatic carbocycles. The maximum absolute atomic E-state index is 11.8. The van der Waals surface area contributed by atoms with Crippen LogP contribution in [0.3, 0.4) is 0 Å². The first kappa shape index (κ1) is 11.5. The quantitative estimate of drug-likeness (QED) is 0.580. The number of nitro groups is 1. The fraction of sp³-hybridized carbons (Fsp3) is 0.571. The molecule has 0 fully saturated rings. The summed E-state index contributed by atoms with van der Waals surface area (Å²) in [4.78, 5) is 9.57. The van der Waals surface area contributed by atoms with E-state index in [1.807, 2.05) is 0 Å². The minimum Gasteiger partial charge on any atom is -0.266 e. The zero-order valence-electron chi connectivity index (χ0n) is 7.57. The Kier molecular flexibility index (Phi) is 3.28. The normalized spacial score (nSPS) is 11.7. The van der Waals surface area contributed by atoms with Crippen LogP contribution in [0, 0.1) is 10.1 Å². The smallest absolute Gasteiger partial charge is 0.266 e. The second kappa shape index (κ2) is 4.28. The third-order valence-corrected chi connectivity index (χ3v) is 1.68. The topological polar surface area (TPSA) is 61.0 Å². The summed E-state index contributed by atoms with van der Waals surface area (Å²) >= 11 is 0. The summed E-state index contributed by atoms with van der Waals surface area (Å²) in [5.41, 5.74) is -0.220. The zero-order valence-corrected chi connectivity index (χ0v) is 7.57. The highest BCUT2D eigenvalue weighted by Gasteiger charge is 2.26. The molecule has 0 radical (unpaired) electrons. The third-order valence-electron chi connectivity index (χ3n) is 1.68. The van der Waals surface area contributed by atoms with Gasteiger partial charge in [-0.3, -0.25) is 14.8 Å². The van der Waals surface area contributed by atoms with Crippen LogP contribution in [0.25, 0.3) is 0 Å². The van der Waals surface area contributed by atoms with Gasteiger partial charge < -0.3 is 0 Å². The molecule has 0 unspecified atom stereocenters. The number of alkyl halides is 3. The molecule has 0 aliphatic heterocycles. The predicted octanol–water partition coefficient (Wildman–Crippen LogP) is 2.13. The molecule has 84 valence electrons. The summed E-state index contributed by atoms with van der Waals surface area (Å²) in [5.74, 6) is 0. The number of nitrogens with zero attached hydrogens (tertiary/aromatic N) is 3. The van der Waals surface area contributed by atoms with Crippen molar-refractivity contribution in [3.63, 3.8) is 0 Å². The molecule has 0 spiro atoms. The fourth-order valence-electron chi connectivity index (χ4n) is 1.01. The average molecular weight is 223 g/mol. The third kappa shape index (κ3) is 3.96. The molecule has 1 aromatic heterocycles. The van der Waals surface area contributed by atoms with Crippen LogP contribution in [-0.4, -0.2) is 20.9 Å². The second-order valence-electron chi connectivity index (χ2n) is 2.94. The van der Waals surface area contributed by atoms with Crippen molar-refractivity contribution in [1.29, 1.82) is 0 Å². The van der Waals surface area contributed by atoms with Crippen molar-refractivity contribution in [3.05, 3.63) is 22.5 Å². The lowest BCUT2D eigenvalue weighted by Gasteiger charge is -2.04. The van der Waals surface area contributed by atoms with E-state index in [1.54, 1.807) is 0 Å².